The second-order valence-corrected chi connectivity index (χ2v) is 3.84. The van der Waals surface area contributed by atoms with Crippen LogP contribution in [0.5, 0.6) is 0 Å². The molecule has 11 heavy (non-hydrogen) atoms. The third-order valence-corrected chi connectivity index (χ3v) is 3.28. The van der Waals surface area contributed by atoms with Gasteiger partial charge in [-0.3, -0.25) is 0 Å². The topological polar surface area (TPSA) is 0 Å². The van der Waals surface area contributed by atoms with Crippen LogP contribution in [0.3, 0.4) is 0 Å². The average molecular weight is 331 g/mol. The van der Waals surface area contributed by atoms with Gasteiger partial charge in [0.15, 0.2) is 0 Å². The molecule has 0 aliphatic heterocycles. The van der Waals surface area contributed by atoms with E-state index in [0.29, 0.717) is 0 Å². The molecule has 0 heterocycles. The summed E-state index contributed by atoms with van der Waals surface area (Å²) in [6.45, 7) is 4.97. The molecule has 0 fully saturated rings. The van der Waals surface area contributed by atoms with Crippen LogP contribution in [0.2, 0.25) is 0 Å². The first-order chi connectivity index (χ1) is 5.06. The van der Waals surface area contributed by atoms with Crippen molar-refractivity contribution in [1.29, 1.82) is 0 Å². The lowest BCUT2D eigenvalue weighted by atomic mass is 10.2. The second-order valence-electron chi connectivity index (χ2n) is 2.06. The van der Waals surface area contributed by atoms with Crippen LogP contribution in [0, 0.1) is 0 Å². The van der Waals surface area contributed by atoms with Gasteiger partial charge in [-0.25, -0.2) is 4.39 Å². The minimum atomic E-state index is -0.410. The summed E-state index contributed by atoms with van der Waals surface area (Å²) in [5, 5.41) is 0. The summed E-state index contributed by atoms with van der Waals surface area (Å²) in [7, 11) is 0. The Balaban J connectivity index is 4.26. The van der Waals surface area contributed by atoms with E-state index in [9.17, 15) is 4.39 Å². The molecule has 0 saturated carbocycles. The normalized spacial score (nSPS) is 13.5. The molecule has 0 nitrogen and oxygen atoms in total. The Labute approximate surface area is 88.5 Å². The Bertz CT molecular complexity index is 206. The van der Waals surface area contributed by atoms with E-state index in [4.69, 9.17) is 0 Å². The third-order valence-electron chi connectivity index (χ3n) is 0.896. The monoisotopic (exact) mass is 330 g/mol. The van der Waals surface area contributed by atoms with Gasteiger partial charge in [0.1, 0.15) is 5.83 Å². The SMILES string of the molecule is C=C(F)/C=C(C)\C=C(\Br)CI. The highest BCUT2D eigenvalue weighted by molar-refractivity contribution is 14.1. The van der Waals surface area contributed by atoms with Crippen LogP contribution in [0.25, 0.3) is 0 Å². The molecule has 0 aromatic carbocycles. The van der Waals surface area contributed by atoms with Gasteiger partial charge in [0, 0.05) is 8.91 Å². The van der Waals surface area contributed by atoms with Crippen molar-refractivity contribution < 1.29 is 4.39 Å². The van der Waals surface area contributed by atoms with Gasteiger partial charge in [0.2, 0.25) is 0 Å². The molecule has 0 aromatic heterocycles. The van der Waals surface area contributed by atoms with Crippen LogP contribution in [0.15, 0.2) is 34.6 Å². The number of hydrogen-bond acceptors (Lipinski definition) is 0. The van der Waals surface area contributed by atoms with E-state index in [1.165, 1.54) is 6.08 Å². The van der Waals surface area contributed by atoms with Gasteiger partial charge < -0.3 is 0 Å². The van der Waals surface area contributed by atoms with Gasteiger partial charge in [-0.05, 0) is 24.6 Å². The van der Waals surface area contributed by atoms with Crippen molar-refractivity contribution in [2.24, 2.45) is 0 Å². The molecule has 62 valence electrons. The summed E-state index contributed by atoms with van der Waals surface area (Å²) in [6.07, 6.45) is 3.27. The maximum atomic E-state index is 12.2. The molecule has 0 rings (SSSR count). The highest BCUT2D eigenvalue weighted by atomic mass is 127. The van der Waals surface area contributed by atoms with Crippen LogP contribution < -0.4 is 0 Å². The summed E-state index contributed by atoms with van der Waals surface area (Å²) < 4.78 is 14.1. The lowest BCUT2D eigenvalue weighted by Gasteiger charge is -1.92. The van der Waals surface area contributed by atoms with Crippen molar-refractivity contribution in [2.45, 2.75) is 6.92 Å². The molecule has 0 atom stereocenters. The first-order valence-electron chi connectivity index (χ1n) is 3.01. The van der Waals surface area contributed by atoms with E-state index >= 15 is 0 Å². The smallest absolute Gasteiger partial charge is 0.116 e. The molecule has 0 bridgehead atoms. The van der Waals surface area contributed by atoms with Gasteiger partial charge >= 0.3 is 0 Å². The highest BCUT2D eigenvalue weighted by Crippen LogP contribution is 2.13. The molecular formula is C8H9BrFI. The highest BCUT2D eigenvalue weighted by Gasteiger charge is 1.89. The molecule has 0 amide bonds. The fourth-order valence-corrected chi connectivity index (χ4v) is 1.16. The molecule has 0 aromatic rings. The first-order valence-corrected chi connectivity index (χ1v) is 5.33. The summed E-state index contributed by atoms with van der Waals surface area (Å²) >= 11 is 5.55. The summed E-state index contributed by atoms with van der Waals surface area (Å²) in [6, 6.07) is 0. The van der Waals surface area contributed by atoms with Crippen LogP contribution in [-0.4, -0.2) is 4.43 Å². The standard InChI is InChI=1S/C8H9BrFI/c1-6(3-7(2)10)4-8(9)5-11/h3-4H,2,5H2,1H3/b6-3-,8-4+. The Morgan fingerprint density at radius 3 is 2.55 bits per heavy atom. The maximum Gasteiger partial charge on any atom is 0.116 e. The Kier molecular flexibility index (Phi) is 6.14. The Hall–Kier alpha value is 0.360. The van der Waals surface area contributed by atoms with E-state index in [2.05, 4.69) is 45.1 Å². The van der Waals surface area contributed by atoms with E-state index in [1.807, 2.05) is 13.0 Å². The van der Waals surface area contributed by atoms with Gasteiger partial charge in [-0.15, -0.1) is 0 Å². The largest absolute Gasteiger partial charge is 0.208 e. The van der Waals surface area contributed by atoms with Crippen molar-refractivity contribution >= 4 is 38.5 Å². The lowest BCUT2D eigenvalue weighted by Crippen LogP contribution is -1.74. The predicted octanol–water partition coefficient (Wildman–Crippen LogP) is 4.13. The van der Waals surface area contributed by atoms with Crippen molar-refractivity contribution in [3.05, 3.63) is 34.6 Å². The molecule has 0 unspecified atom stereocenters. The van der Waals surface area contributed by atoms with E-state index in [0.717, 1.165) is 14.5 Å². The Morgan fingerprint density at radius 2 is 2.18 bits per heavy atom. The number of alkyl halides is 1. The first kappa shape index (κ1) is 11.4. The van der Waals surface area contributed by atoms with Gasteiger partial charge in [-0.1, -0.05) is 45.1 Å². The zero-order valence-electron chi connectivity index (χ0n) is 6.20. The molecule has 0 radical (unpaired) electrons. The van der Waals surface area contributed by atoms with Gasteiger partial charge in [0.05, 0.1) is 0 Å². The summed E-state index contributed by atoms with van der Waals surface area (Å²) in [4.78, 5) is 0. The van der Waals surface area contributed by atoms with Crippen molar-refractivity contribution in [3.63, 3.8) is 0 Å². The minimum Gasteiger partial charge on any atom is -0.208 e. The molecule has 0 spiro atoms. The average Bonchev–Trinajstić information content (AvgIpc) is 1.85. The molecular weight excluding hydrogens is 322 g/mol. The third kappa shape index (κ3) is 6.75. The fourth-order valence-electron chi connectivity index (χ4n) is 0.574. The zero-order valence-corrected chi connectivity index (χ0v) is 9.95. The molecule has 0 aliphatic carbocycles. The van der Waals surface area contributed by atoms with Crippen LogP contribution in [0.4, 0.5) is 4.39 Å². The quantitative estimate of drug-likeness (QED) is 0.414. The summed E-state index contributed by atoms with van der Waals surface area (Å²) in [5.74, 6) is -0.410. The molecule has 3 heteroatoms. The van der Waals surface area contributed by atoms with Crippen molar-refractivity contribution in [2.75, 3.05) is 4.43 Å². The van der Waals surface area contributed by atoms with Gasteiger partial charge in [-0.2, -0.15) is 0 Å². The van der Waals surface area contributed by atoms with Crippen molar-refractivity contribution in [1.82, 2.24) is 0 Å². The second kappa shape index (κ2) is 5.94. The van der Waals surface area contributed by atoms with Gasteiger partial charge in [0.25, 0.3) is 0 Å². The number of allylic oxidation sites excluding steroid dienone is 5. The van der Waals surface area contributed by atoms with E-state index < -0.39 is 5.83 Å². The van der Waals surface area contributed by atoms with Crippen LogP contribution >= 0.6 is 38.5 Å². The van der Waals surface area contributed by atoms with E-state index in [1.54, 1.807) is 0 Å². The molecule has 0 N–H and O–H groups in total. The molecule has 0 aliphatic rings. The number of halogens is 3. The molecule has 0 saturated heterocycles. The summed E-state index contributed by atoms with van der Waals surface area (Å²) in [5.41, 5.74) is 0.862. The fraction of sp³-hybridized carbons (Fsp3) is 0.250. The predicted molar refractivity (Wildman–Crippen MR) is 59.9 cm³/mol. The minimum absolute atomic E-state index is 0.410. The maximum absolute atomic E-state index is 12.2. The van der Waals surface area contributed by atoms with E-state index in [-0.39, 0.29) is 0 Å². The van der Waals surface area contributed by atoms with Crippen LogP contribution in [0.1, 0.15) is 6.92 Å². The lowest BCUT2D eigenvalue weighted by molar-refractivity contribution is 0.670. The van der Waals surface area contributed by atoms with Crippen LogP contribution in [-0.2, 0) is 0 Å². The number of rotatable bonds is 3. The Morgan fingerprint density at radius 1 is 1.64 bits per heavy atom. The van der Waals surface area contributed by atoms with Crippen molar-refractivity contribution in [3.8, 4) is 0 Å². The number of hydrogen-bond donors (Lipinski definition) is 0. The zero-order chi connectivity index (χ0) is 8.85.